The van der Waals surface area contributed by atoms with Crippen molar-refractivity contribution in [1.29, 1.82) is 0 Å². The van der Waals surface area contributed by atoms with Crippen LogP contribution < -0.4 is 10.1 Å². The van der Waals surface area contributed by atoms with Crippen LogP contribution in [-0.4, -0.2) is 36.3 Å². The summed E-state index contributed by atoms with van der Waals surface area (Å²) in [5, 5.41) is 3.31. The fourth-order valence-corrected chi connectivity index (χ4v) is 1.78. The molecule has 1 aromatic heterocycles. The van der Waals surface area contributed by atoms with Crippen molar-refractivity contribution in [2.45, 2.75) is 25.6 Å². The maximum absolute atomic E-state index is 5.77. The van der Waals surface area contributed by atoms with Gasteiger partial charge in [-0.15, -0.1) is 0 Å². The number of rotatable bonds is 4. The molecule has 5 heteroatoms. The lowest BCUT2D eigenvalue weighted by molar-refractivity contribution is 0.0224. The molecular formula is C11H17N3O2. The molecule has 0 unspecified atom stereocenters. The number of methoxy groups -OCH3 is 1. The zero-order valence-electron chi connectivity index (χ0n) is 9.48. The zero-order valence-corrected chi connectivity index (χ0v) is 9.48. The average Bonchev–Trinajstić information content (AvgIpc) is 2.38. The van der Waals surface area contributed by atoms with Crippen LogP contribution in [0.3, 0.4) is 0 Å². The van der Waals surface area contributed by atoms with Crippen molar-refractivity contribution < 1.29 is 9.47 Å². The van der Waals surface area contributed by atoms with Gasteiger partial charge in [-0.2, -0.15) is 0 Å². The molecule has 2 rings (SSSR count). The molecule has 1 saturated heterocycles. The van der Waals surface area contributed by atoms with Gasteiger partial charge in [-0.3, -0.25) is 4.98 Å². The summed E-state index contributed by atoms with van der Waals surface area (Å²) in [7, 11) is 1.59. The van der Waals surface area contributed by atoms with Gasteiger partial charge in [-0.25, -0.2) is 4.98 Å². The minimum atomic E-state index is 0.278. The number of nitrogens with one attached hydrogen (secondary N) is 1. The highest BCUT2D eigenvalue weighted by Gasteiger charge is 2.14. The summed E-state index contributed by atoms with van der Waals surface area (Å²) in [6.07, 6.45) is 5.82. The van der Waals surface area contributed by atoms with E-state index in [1.54, 1.807) is 19.5 Å². The lowest BCUT2D eigenvalue weighted by Gasteiger charge is -2.22. The Bertz CT molecular complexity index is 327. The molecule has 88 valence electrons. The highest BCUT2D eigenvalue weighted by atomic mass is 16.5. The van der Waals surface area contributed by atoms with E-state index in [1.807, 2.05) is 0 Å². The topological polar surface area (TPSA) is 56.3 Å². The van der Waals surface area contributed by atoms with Gasteiger partial charge in [-0.1, -0.05) is 0 Å². The second kappa shape index (κ2) is 5.77. The molecule has 0 bridgehead atoms. The Morgan fingerprint density at radius 3 is 3.06 bits per heavy atom. The molecule has 0 radical (unpaired) electrons. The van der Waals surface area contributed by atoms with Gasteiger partial charge in [0.2, 0.25) is 5.88 Å². The second-order valence-corrected chi connectivity index (χ2v) is 3.79. The molecule has 1 atom stereocenters. The number of aromatic nitrogens is 2. The first-order chi connectivity index (χ1) is 7.90. The van der Waals surface area contributed by atoms with Gasteiger partial charge in [0.15, 0.2) is 0 Å². The van der Waals surface area contributed by atoms with Crippen molar-refractivity contribution in [2.75, 3.05) is 20.2 Å². The molecular weight excluding hydrogens is 206 g/mol. The summed E-state index contributed by atoms with van der Waals surface area (Å²) in [4.78, 5) is 8.28. The van der Waals surface area contributed by atoms with Gasteiger partial charge in [0, 0.05) is 18.9 Å². The van der Waals surface area contributed by atoms with E-state index in [2.05, 4.69) is 15.3 Å². The Balaban J connectivity index is 1.88. The molecule has 1 aromatic rings. The smallest absolute Gasteiger partial charge is 0.237 e. The standard InChI is InChI=1S/C11H17N3O2/c1-15-11-10(13-5-6-14-11)8-16-9-3-2-4-12-7-9/h5-6,9,12H,2-4,7-8H2,1H3/t9-/m0/s1. The fourth-order valence-electron chi connectivity index (χ4n) is 1.78. The highest BCUT2D eigenvalue weighted by Crippen LogP contribution is 2.14. The van der Waals surface area contributed by atoms with Gasteiger partial charge in [0.25, 0.3) is 0 Å². The molecule has 1 aliphatic heterocycles. The first-order valence-corrected chi connectivity index (χ1v) is 5.56. The minimum absolute atomic E-state index is 0.278. The van der Waals surface area contributed by atoms with E-state index in [4.69, 9.17) is 9.47 Å². The normalized spacial score (nSPS) is 20.7. The van der Waals surface area contributed by atoms with Crippen molar-refractivity contribution in [1.82, 2.24) is 15.3 Å². The van der Waals surface area contributed by atoms with Crippen LogP contribution in [0.15, 0.2) is 12.4 Å². The summed E-state index contributed by atoms with van der Waals surface area (Å²) >= 11 is 0. The molecule has 1 aliphatic rings. The van der Waals surface area contributed by atoms with E-state index in [0.717, 1.165) is 25.2 Å². The molecule has 0 amide bonds. The Morgan fingerprint density at radius 2 is 2.31 bits per heavy atom. The number of ether oxygens (including phenoxy) is 2. The second-order valence-electron chi connectivity index (χ2n) is 3.79. The van der Waals surface area contributed by atoms with Gasteiger partial charge < -0.3 is 14.8 Å². The van der Waals surface area contributed by atoms with E-state index in [-0.39, 0.29) is 6.10 Å². The van der Waals surface area contributed by atoms with Crippen molar-refractivity contribution in [3.8, 4) is 5.88 Å². The van der Waals surface area contributed by atoms with Crippen LogP contribution in [0.4, 0.5) is 0 Å². The quantitative estimate of drug-likeness (QED) is 0.816. The average molecular weight is 223 g/mol. The van der Waals surface area contributed by atoms with Gasteiger partial charge in [-0.05, 0) is 19.4 Å². The predicted molar refractivity (Wildman–Crippen MR) is 59.3 cm³/mol. The van der Waals surface area contributed by atoms with Crippen LogP contribution in [0, 0.1) is 0 Å². The van der Waals surface area contributed by atoms with E-state index >= 15 is 0 Å². The Morgan fingerprint density at radius 1 is 1.44 bits per heavy atom. The predicted octanol–water partition coefficient (Wildman–Crippen LogP) is 0.754. The van der Waals surface area contributed by atoms with Crippen molar-refractivity contribution in [3.63, 3.8) is 0 Å². The minimum Gasteiger partial charge on any atom is -0.480 e. The third-order valence-electron chi connectivity index (χ3n) is 2.64. The zero-order chi connectivity index (χ0) is 11.2. The van der Waals surface area contributed by atoms with Crippen LogP contribution in [0.2, 0.25) is 0 Å². The van der Waals surface area contributed by atoms with Crippen LogP contribution in [0.25, 0.3) is 0 Å². The SMILES string of the molecule is COc1nccnc1CO[C@H]1CCCNC1. The molecule has 0 aromatic carbocycles. The van der Waals surface area contributed by atoms with E-state index in [0.29, 0.717) is 12.5 Å². The van der Waals surface area contributed by atoms with Crippen LogP contribution in [0.1, 0.15) is 18.5 Å². The molecule has 0 spiro atoms. The van der Waals surface area contributed by atoms with Crippen molar-refractivity contribution >= 4 is 0 Å². The molecule has 1 fully saturated rings. The Labute approximate surface area is 95.2 Å². The summed E-state index contributed by atoms with van der Waals surface area (Å²) < 4.78 is 10.9. The molecule has 2 heterocycles. The summed E-state index contributed by atoms with van der Waals surface area (Å²) in [6.45, 7) is 2.47. The maximum Gasteiger partial charge on any atom is 0.237 e. The summed E-state index contributed by atoms with van der Waals surface area (Å²) in [5.74, 6) is 0.547. The number of hydrogen-bond acceptors (Lipinski definition) is 5. The van der Waals surface area contributed by atoms with Crippen molar-refractivity contribution in [2.24, 2.45) is 0 Å². The first-order valence-electron chi connectivity index (χ1n) is 5.56. The summed E-state index contributed by atoms with van der Waals surface area (Å²) in [5.41, 5.74) is 0.760. The molecule has 0 aliphatic carbocycles. The van der Waals surface area contributed by atoms with Crippen LogP contribution >= 0.6 is 0 Å². The third kappa shape index (κ3) is 2.90. The van der Waals surface area contributed by atoms with Gasteiger partial charge in [0.1, 0.15) is 5.69 Å². The van der Waals surface area contributed by atoms with Crippen LogP contribution in [0.5, 0.6) is 5.88 Å². The number of nitrogens with zero attached hydrogens (tertiary/aromatic N) is 2. The van der Waals surface area contributed by atoms with E-state index < -0.39 is 0 Å². The largest absolute Gasteiger partial charge is 0.480 e. The van der Waals surface area contributed by atoms with Crippen molar-refractivity contribution in [3.05, 3.63) is 18.1 Å². The number of hydrogen-bond donors (Lipinski definition) is 1. The molecule has 0 saturated carbocycles. The lowest BCUT2D eigenvalue weighted by atomic mass is 10.1. The van der Waals surface area contributed by atoms with Crippen LogP contribution in [-0.2, 0) is 11.3 Å². The fraction of sp³-hybridized carbons (Fsp3) is 0.636. The monoisotopic (exact) mass is 223 g/mol. The van der Waals surface area contributed by atoms with Gasteiger partial charge >= 0.3 is 0 Å². The highest BCUT2D eigenvalue weighted by molar-refractivity contribution is 5.15. The maximum atomic E-state index is 5.77. The molecule has 1 N–H and O–H groups in total. The lowest BCUT2D eigenvalue weighted by Crippen LogP contribution is -2.35. The van der Waals surface area contributed by atoms with E-state index in [9.17, 15) is 0 Å². The third-order valence-corrected chi connectivity index (χ3v) is 2.64. The van der Waals surface area contributed by atoms with E-state index in [1.165, 1.54) is 6.42 Å². The molecule has 16 heavy (non-hydrogen) atoms. The first kappa shape index (κ1) is 11.3. The molecule has 5 nitrogen and oxygen atoms in total. The Hall–Kier alpha value is -1.20. The van der Waals surface area contributed by atoms with Gasteiger partial charge in [0.05, 0.1) is 19.8 Å². The number of piperidine rings is 1. The summed E-state index contributed by atoms with van der Waals surface area (Å²) in [6, 6.07) is 0. The Kier molecular flexibility index (Phi) is 4.07.